The first-order valence-electron chi connectivity index (χ1n) is 5.76. The Morgan fingerprint density at radius 3 is 2.76 bits per heavy atom. The van der Waals surface area contributed by atoms with Gasteiger partial charge >= 0.3 is 0 Å². The molecule has 0 aliphatic carbocycles. The third-order valence-electron chi connectivity index (χ3n) is 2.82. The molecule has 2 rings (SSSR count). The Kier molecular flexibility index (Phi) is 3.94. The van der Waals surface area contributed by atoms with Gasteiger partial charge in [-0.3, -0.25) is 4.79 Å². The number of amides is 1. The molecule has 3 nitrogen and oxygen atoms in total. The Morgan fingerprint density at radius 1 is 1.41 bits per heavy atom. The minimum Gasteiger partial charge on any atom is -0.338 e. The lowest BCUT2D eigenvalue weighted by Gasteiger charge is -2.26. The van der Waals surface area contributed by atoms with Crippen LogP contribution in [-0.4, -0.2) is 23.9 Å². The molecule has 1 aromatic rings. The number of carbonyl (C=O) groups excluding carboxylic acids is 1. The molecule has 0 atom stereocenters. The SMILES string of the molecule is N#CC(=Cc1cccs1)C(=O)N1CCCCC1. The summed E-state index contributed by atoms with van der Waals surface area (Å²) < 4.78 is 0. The van der Waals surface area contributed by atoms with E-state index in [2.05, 4.69) is 0 Å². The van der Waals surface area contributed by atoms with Gasteiger partial charge in [0.1, 0.15) is 11.6 Å². The van der Waals surface area contributed by atoms with Crippen LogP contribution in [0.15, 0.2) is 23.1 Å². The summed E-state index contributed by atoms with van der Waals surface area (Å²) in [5.74, 6) is -0.124. The van der Waals surface area contributed by atoms with E-state index in [1.54, 1.807) is 11.0 Å². The fourth-order valence-electron chi connectivity index (χ4n) is 1.92. The maximum Gasteiger partial charge on any atom is 0.264 e. The smallest absolute Gasteiger partial charge is 0.264 e. The van der Waals surface area contributed by atoms with Gasteiger partial charge in [-0.1, -0.05) is 6.07 Å². The van der Waals surface area contributed by atoms with Crippen LogP contribution in [0.4, 0.5) is 0 Å². The van der Waals surface area contributed by atoms with Crippen molar-refractivity contribution < 1.29 is 4.79 Å². The van der Waals surface area contributed by atoms with E-state index in [9.17, 15) is 4.79 Å². The van der Waals surface area contributed by atoms with Crippen molar-refractivity contribution in [2.24, 2.45) is 0 Å². The van der Waals surface area contributed by atoms with Crippen LogP contribution in [0.3, 0.4) is 0 Å². The molecule has 0 unspecified atom stereocenters. The van der Waals surface area contributed by atoms with Crippen LogP contribution < -0.4 is 0 Å². The molecule has 0 saturated carbocycles. The second kappa shape index (κ2) is 5.65. The number of hydrogen-bond acceptors (Lipinski definition) is 3. The molecule has 88 valence electrons. The topological polar surface area (TPSA) is 44.1 Å². The molecule has 0 N–H and O–H groups in total. The van der Waals surface area contributed by atoms with Crippen molar-refractivity contribution in [3.63, 3.8) is 0 Å². The van der Waals surface area contributed by atoms with Crippen LogP contribution in [0.2, 0.25) is 0 Å². The number of thiophene rings is 1. The molecule has 17 heavy (non-hydrogen) atoms. The molecule has 1 aromatic heterocycles. The van der Waals surface area contributed by atoms with Gasteiger partial charge in [-0.05, 0) is 36.8 Å². The molecule has 1 saturated heterocycles. The highest BCUT2D eigenvalue weighted by Crippen LogP contribution is 2.16. The summed E-state index contributed by atoms with van der Waals surface area (Å²) >= 11 is 1.53. The molecule has 1 aliphatic rings. The fourth-order valence-corrected chi connectivity index (χ4v) is 2.58. The first-order valence-corrected chi connectivity index (χ1v) is 6.64. The zero-order valence-corrected chi connectivity index (χ0v) is 10.4. The van der Waals surface area contributed by atoms with Crippen LogP contribution in [0, 0.1) is 11.3 Å². The second-order valence-electron chi connectivity index (χ2n) is 4.04. The van der Waals surface area contributed by atoms with Gasteiger partial charge in [0, 0.05) is 18.0 Å². The van der Waals surface area contributed by atoms with Crippen LogP contribution in [0.5, 0.6) is 0 Å². The summed E-state index contributed by atoms with van der Waals surface area (Å²) in [5.41, 5.74) is 0.245. The maximum atomic E-state index is 12.1. The number of likely N-dealkylation sites (tertiary alicyclic amines) is 1. The van der Waals surface area contributed by atoms with Crippen molar-refractivity contribution in [2.75, 3.05) is 13.1 Å². The molecule has 1 aliphatic heterocycles. The van der Waals surface area contributed by atoms with E-state index in [0.29, 0.717) is 0 Å². The number of hydrogen-bond donors (Lipinski definition) is 0. The van der Waals surface area contributed by atoms with Gasteiger partial charge in [0.15, 0.2) is 0 Å². The van der Waals surface area contributed by atoms with E-state index in [1.807, 2.05) is 23.6 Å². The highest BCUT2D eigenvalue weighted by Gasteiger charge is 2.20. The van der Waals surface area contributed by atoms with Gasteiger partial charge in [0.05, 0.1) is 0 Å². The highest BCUT2D eigenvalue weighted by atomic mass is 32.1. The fraction of sp³-hybridized carbons (Fsp3) is 0.385. The molecule has 0 aromatic carbocycles. The van der Waals surface area contributed by atoms with E-state index < -0.39 is 0 Å². The number of rotatable bonds is 2. The lowest BCUT2D eigenvalue weighted by molar-refractivity contribution is -0.127. The maximum absolute atomic E-state index is 12.1. The van der Waals surface area contributed by atoms with Crippen LogP contribution in [0.1, 0.15) is 24.1 Å². The number of piperidine rings is 1. The molecule has 0 bridgehead atoms. The Bertz CT molecular complexity index is 450. The standard InChI is InChI=1S/C13H14N2OS/c14-10-11(9-12-5-4-8-17-12)13(16)15-6-2-1-3-7-15/h4-5,8-9H,1-3,6-7H2. The van der Waals surface area contributed by atoms with Gasteiger partial charge in [0.2, 0.25) is 0 Å². The van der Waals surface area contributed by atoms with Gasteiger partial charge in [-0.2, -0.15) is 5.26 Å². The molecule has 1 fully saturated rings. The van der Waals surface area contributed by atoms with Crippen LogP contribution >= 0.6 is 11.3 Å². The summed E-state index contributed by atoms with van der Waals surface area (Å²) in [4.78, 5) is 14.8. The largest absolute Gasteiger partial charge is 0.338 e. The normalized spacial score (nSPS) is 16.6. The molecular formula is C13H14N2OS. The van der Waals surface area contributed by atoms with Gasteiger partial charge in [-0.15, -0.1) is 11.3 Å². The average molecular weight is 246 g/mol. The number of nitriles is 1. The molecule has 0 spiro atoms. The molecule has 0 radical (unpaired) electrons. The van der Waals surface area contributed by atoms with E-state index in [1.165, 1.54) is 17.8 Å². The zero-order valence-electron chi connectivity index (χ0n) is 9.56. The van der Waals surface area contributed by atoms with Crippen LogP contribution in [0.25, 0.3) is 6.08 Å². The lowest BCUT2D eigenvalue weighted by atomic mass is 10.1. The summed E-state index contributed by atoms with van der Waals surface area (Å²) in [7, 11) is 0. The van der Waals surface area contributed by atoms with Crippen molar-refractivity contribution in [1.82, 2.24) is 4.90 Å². The van der Waals surface area contributed by atoms with Crippen molar-refractivity contribution in [2.45, 2.75) is 19.3 Å². The third kappa shape index (κ3) is 2.95. The average Bonchev–Trinajstić information content (AvgIpc) is 2.89. The van der Waals surface area contributed by atoms with Gasteiger partial charge in [0.25, 0.3) is 5.91 Å². The summed E-state index contributed by atoms with van der Waals surface area (Å²) in [6, 6.07) is 5.84. The number of carbonyl (C=O) groups is 1. The first kappa shape index (κ1) is 11.9. The van der Waals surface area contributed by atoms with Gasteiger partial charge in [-0.25, -0.2) is 0 Å². The molecule has 2 heterocycles. The Labute approximate surface area is 105 Å². The van der Waals surface area contributed by atoms with Crippen molar-refractivity contribution in [3.8, 4) is 6.07 Å². The van der Waals surface area contributed by atoms with E-state index in [-0.39, 0.29) is 11.5 Å². The zero-order chi connectivity index (χ0) is 12.1. The predicted molar refractivity (Wildman–Crippen MR) is 68.3 cm³/mol. The second-order valence-corrected chi connectivity index (χ2v) is 5.02. The van der Waals surface area contributed by atoms with E-state index in [0.717, 1.165) is 30.8 Å². The minimum atomic E-state index is -0.124. The Hall–Kier alpha value is -1.60. The monoisotopic (exact) mass is 246 g/mol. The summed E-state index contributed by atoms with van der Waals surface area (Å²) in [5, 5.41) is 11.0. The Balaban J connectivity index is 2.13. The van der Waals surface area contributed by atoms with Crippen molar-refractivity contribution in [3.05, 3.63) is 28.0 Å². The van der Waals surface area contributed by atoms with Gasteiger partial charge < -0.3 is 4.90 Å². The third-order valence-corrected chi connectivity index (χ3v) is 3.64. The summed E-state index contributed by atoms with van der Waals surface area (Å²) in [6.45, 7) is 1.56. The van der Waals surface area contributed by atoms with E-state index in [4.69, 9.17) is 5.26 Å². The van der Waals surface area contributed by atoms with Crippen LogP contribution in [-0.2, 0) is 4.79 Å². The molecular weight excluding hydrogens is 232 g/mol. The van der Waals surface area contributed by atoms with Crippen molar-refractivity contribution in [1.29, 1.82) is 5.26 Å². The molecule has 4 heteroatoms. The van der Waals surface area contributed by atoms with E-state index >= 15 is 0 Å². The first-order chi connectivity index (χ1) is 8.31. The predicted octanol–water partition coefficient (Wildman–Crippen LogP) is 2.67. The van der Waals surface area contributed by atoms with Crippen molar-refractivity contribution >= 4 is 23.3 Å². The quantitative estimate of drug-likeness (QED) is 0.595. The summed E-state index contributed by atoms with van der Waals surface area (Å²) in [6.07, 6.45) is 4.95. The minimum absolute atomic E-state index is 0.124. The molecule has 1 amide bonds. The Morgan fingerprint density at radius 2 is 2.18 bits per heavy atom. The lowest BCUT2D eigenvalue weighted by Crippen LogP contribution is -2.36. The highest BCUT2D eigenvalue weighted by molar-refractivity contribution is 7.10. The number of nitrogens with zero attached hydrogens (tertiary/aromatic N) is 2.